The number of amides is 1. The first-order chi connectivity index (χ1) is 16.7. The number of rotatable bonds is 10. The molecule has 0 aliphatic carbocycles. The van der Waals surface area contributed by atoms with E-state index in [1.807, 2.05) is 6.92 Å². The molecule has 0 saturated heterocycles. The Labute approximate surface area is 212 Å². The van der Waals surface area contributed by atoms with Crippen LogP contribution in [0.2, 0.25) is 10.0 Å². The monoisotopic (exact) mass is 530 g/mol. The number of carbonyl (C=O) groups excluding carboxylic acids is 2. The Morgan fingerprint density at radius 1 is 1.29 bits per heavy atom. The fraction of sp³-hybridized carbons (Fsp3) is 0.458. The van der Waals surface area contributed by atoms with Crippen molar-refractivity contribution in [2.45, 2.75) is 52.7 Å². The van der Waals surface area contributed by atoms with Crippen molar-refractivity contribution in [3.05, 3.63) is 50.1 Å². The maximum absolute atomic E-state index is 13.5. The van der Waals surface area contributed by atoms with Crippen LogP contribution in [-0.4, -0.2) is 48.6 Å². The number of pyridine rings is 1. The molecule has 0 bridgehead atoms. The lowest BCUT2D eigenvalue weighted by Crippen LogP contribution is -2.38. The molecule has 7 nitrogen and oxygen atoms in total. The molecule has 1 aliphatic rings. The van der Waals surface area contributed by atoms with Gasteiger partial charge in [0.05, 0.1) is 42.8 Å². The average Bonchev–Trinajstić information content (AvgIpc) is 2.79. The molecule has 1 aromatic heterocycles. The minimum atomic E-state index is -3.06. The normalized spacial score (nSPS) is 13.1. The highest BCUT2D eigenvalue weighted by Gasteiger charge is 2.32. The third kappa shape index (κ3) is 6.32. The number of ether oxygens (including phenoxy) is 3. The smallest absolute Gasteiger partial charge is 0.387 e. The highest BCUT2D eigenvalue weighted by atomic mass is 35.5. The first kappa shape index (κ1) is 26.9. The van der Waals surface area contributed by atoms with Gasteiger partial charge in [-0.05, 0) is 37.0 Å². The number of esters is 1. The summed E-state index contributed by atoms with van der Waals surface area (Å²) in [5.41, 5.74) is 1.77. The molecule has 1 aliphatic heterocycles. The van der Waals surface area contributed by atoms with Crippen LogP contribution in [0.5, 0.6) is 11.6 Å². The van der Waals surface area contributed by atoms with Gasteiger partial charge >= 0.3 is 12.6 Å². The van der Waals surface area contributed by atoms with Crippen LogP contribution in [0.15, 0.2) is 12.1 Å². The zero-order chi connectivity index (χ0) is 25.7. The second kappa shape index (κ2) is 11.9. The molecule has 35 heavy (non-hydrogen) atoms. The maximum atomic E-state index is 13.5. The third-order valence-corrected chi connectivity index (χ3v) is 6.33. The number of fused-ring (bicyclic) bond motifs is 1. The number of hydrogen-bond acceptors (Lipinski definition) is 6. The molecule has 0 unspecified atom stereocenters. The van der Waals surface area contributed by atoms with Crippen molar-refractivity contribution in [2.75, 3.05) is 20.3 Å². The molecular formula is C24H26Cl2F2N2O5. The summed E-state index contributed by atoms with van der Waals surface area (Å²) in [6.45, 7) is 1.07. The molecule has 2 heterocycles. The lowest BCUT2D eigenvalue weighted by molar-refractivity contribution is -0.139. The molecule has 11 heteroatoms. The van der Waals surface area contributed by atoms with Gasteiger partial charge in [0.2, 0.25) is 5.88 Å². The van der Waals surface area contributed by atoms with Gasteiger partial charge in [0.15, 0.2) is 0 Å². The van der Waals surface area contributed by atoms with E-state index in [1.54, 1.807) is 13.0 Å². The average molecular weight is 531 g/mol. The second-order valence-corrected chi connectivity index (χ2v) is 8.83. The number of hydrogen-bond donors (Lipinski definition) is 0. The van der Waals surface area contributed by atoms with Gasteiger partial charge in [0, 0.05) is 23.3 Å². The van der Waals surface area contributed by atoms with Crippen LogP contribution < -0.4 is 9.47 Å². The number of carbonyl (C=O) groups is 2. The Morgan fingerprint density at radius 2 is 2.03 bits per heavy atom. The molecule has 0 atom stereocenters. The van der Waals surface area contributed by atoms with Gasteiger partial charge in [-0.2, -0.15) is 8.78 Å². The molecule has 0 saturated carbocycles. The van der Waals surface area contributed by atoms with Crippen molar-refractivity contribution in [1.29, 1.82) is 0 Å². The maximum Gasteiger partial charge on any atom is 0.387 e. The highest BCUT2D eigenvalue weighted by molar-refractivity contribution is 6.37. The molecule has 0 spiro atoms. The van der Waals surface area contributed by atoms with E-state index >= 15 is 0 Å². The predicted octanol–water partition coefficient (Wildman–Crippen LogP) is 5.39. The van der Waals surface area contributed by atoms with E-state index in [0.717, 1.165) is 12.8 Å². The lowest BCUT2D eigenvalue weighted by atomic mass is 9.95. The Hall–Kier alpha value is -2.65. The van der Waals surface area contributed by atoms with Crippen LogP contribution in [-0.2, 0) is 28.9 Å². The lowest BCUT2D eigenvalue weighted by Gasteiger charge is -2.31. The number of halogens is 4. The molecule has 0 fully saturated rings. The van der Waals surface area contributed by atoms with Crippen molar-refractivity contribution in [2.24, 2.45) is 0 Å². The van der Waals surface area contributed by atoms with Gasteiger partial charge < -0.3 is 19.1 Å². The molecule has 3 rings (SSSR count). The summed E-state index contributed by atoms with van der Waals surface area (Å²) in [4.78, 5) is 31.1. The van der Waals surface area contributed by atoms with E-state index < -0.39 is 18.5 Å². The van der Waals surface area contributed by atoms with Crippen LogP contribution in [0.3, 0.4) is 0 Å². The van der Waals surface area contributed by atoms with Gasteiger partial charge in [-0.15, -0.1) is 0 Å². The predicted molar refractivity (Wildman–Crippen MR) is 127 cm³/mol. The quantitative estimate of drug-likeness (QED) is 0.302. The molecule has 2 aromatic rings. The van der Waals surface area contributed by atoms with Gasteiger partial charge in [-0.3, -0.25) is 9.59 Å². The molecule has 0 N–H and O–H groups in total. The topological polar surface area (TPSA) is 78.0 Å². The van der Waals surface area contributed by atoms with Crippen LogP contribution in [0.1, 0.15) is 52.5 Å². The number of benzene rings is 1. The second-order valence-electron chi connectivity index (χ2n) is 8.04. The van der Waals surface area contributed by atoms with Crippen LogP contribution in [0, 0.1) is 6.92 Å². The summed E-state index contributed by atoms with van der Waals surface area (Å²) in [5.74, 6) is -0.957. The molecule has 1 amide bonds. The number of nitrogens with zero attached hydrogens (tertiary/aromatic N) is 2. The number of alkyl halides is 2. The van der Waals surface area contributed by atoms with Crippen molar-refractivity contribution in [1.82, 2.24) is 9.88 Å². The van der Waals surface area contributed by atoms with Crippen LogP contribution >= 0.6 is 23.2 Å². The molecule has 1 aromatic carbocycles. The minimum Gasteiger partial charge on any atom is -0.477 e. The summed E-state index contributed by atoms with van der Waals surface area (Å²) in [7, 11) is 1.25. The van der Waals surface area contributed by atoms with E-state index in [1.165, 1.54) is 18.1 Å². The van der Waals surface area contributed by atoms with Crippen LogP contribution in [0.4, 0.5) is 8.78 Å². The zero-order valence-corrected chi connectivity index (χ0v) is 21.1. The highest BCUT2D eigenvalue weighted by Crippen LogP contribution is 2.37. The zero-order valence-electron chi connectivity index (χ0n) is 19.6. The fourth-order valence-corrected chi connectivity index (χ4v) is 4.45. The largest absolute Gasteiger partial charge is 0.477 e. The van der Waals surface area contributed by atoms with E-state index in [2.05, 4.69) is 4.98 Å². The summed E-state index contributed by atoms with van der Waals surface area (Å²) < 4.78 is 41.5. The Balaban J connectivity index is 1.99. The molecular weight excluding hydrogens is 505 g/mol. The van der Waals surface area contributed by atoms with Gasteiger partial charge in [0.1, 0.15) is 5.75 Å². The van der Waals surface area contributed by atoms with E-state index in [-0.39, 0.29) is 47.3 Å². The standard InChI is InChI=1S/C24H26Cl2F2N2O5/c1-4-5-8-34-22-16(18(35-24(27)28)9-13(2)29-22)12-30-7-6-15-17(25)10-14(11-19(31)33-3)21(26)20(15)23(30)32/h9-10,24H,4-8,11-12H2,1-3H3. The van der Waals surface area contributed by atoms with E-state index in [4.69, 9.17) is 37.4 Å². The Kier molecular flexibility index (Phi) is 9.13. The van der Waals surface area contributed by atoms with E-state index in [0.29, 0.717) is 34.9 Å². The SMILES string of the molecule is CCCCOc1nc(C)cc(OC(F)F)c1CN1CCc2c(Cl)cc(CC(=O)OC)c(Cl)c2C1=O. The number of unbranched alkanes of at least 4 members (excludes halogenated alkanes) is 1. The summed E-state index contributed by atoms with van der Waals surface area (Å²) >= 11 is 12.9. The number of aromatic nitrogens is 1. The van der Waals surface area contributed by atoms with Gasteiger partial charge in [-0.1, -0.05) is 36.5 Å². The number of methoxy groups -OCH3 is 1. The first-order valence-corrected chi connectivity index (χ1v) is 11.9. The van der Waals surface area contributed by atoms with Crippen molar-refractivity contribution < 1.29 is 32.6 Å². The Bertz CT molecular complexity index is 1110. The van der Waals surface area contributed by atoms with Crippen LogP contribution in [0.25, 0.3) is 0 Å². The summed E-state index contributed by atoms with van der Waals surface area (Å²) in [5, 5.41) is 0.425. The summed E-state index contributed by atoms with van der Waals surface area (Å²) in [6.07, 6.45) is 1.84. The third-order valence-electron chi connectivity index (χ3n) is 5.56. The number of aryl methyl sites for hydroxylation is 1. The van der Waals surface area contributed by atoms with Crippen molar-refractivity contribution >= 4 is 35.1 Å². The van der Waals surface area contributed by atoms with Crippen molar-refractivity contribution in [3.8, 4) is 11.6 Å². The van der Waals surface area contributed by atoms with Gasteiger partial charge in [0.25, 0.3) is 5.91 Å². The van der Waals surface area contributed by atoms with Gasteiger partial charge in [-0.25, -0.2) is 4.98 Å². The first-order valence-electron chi connectivity index (χ1n) is 11.1. The minimum absolute atomic E-state index is 0.0930. The summed E-state index contributed by atoms with van der Waals surface area (Å²) in [6, 6.07) is 2.94. The fourth-order valence-electron chi connectivity index (χ4n) is 3.81. The molecule has 0 radical (unpaired) electrons. The van der Waals surface area contributed by atoms with Crippen molar-refractivity contribution in [3.63, 3.8) is 0 Å². The molecule has 190 valence electrons. The van der Waals surface area contributed by atoms with E-state index in [9.17, 15) is 18.4 Å². The Morgan fingerprint density at radius 3 is 2.69 bits per heavy atom.